The topological polar surface area (TPSA) is 63.4 Å². The van der Waals surface area contributed by atoms with Crippen molar-refractivity contribution in [1.82, 2.24) is 10.3 Å². The summed E-state index contributed by atoms with van der Waals surface area (Å²) in [5, 5.41) is 2.98. The highest BCUT2D eigenvalue weighted by Crippen LogP contribution is 2.32. The van der Waals surface area contributed by atoms with Crippen LogP contribution in [0.1, 0.15) is 15.9 Å². The molecule has 0 saturated heterocycles. The largest absolute Gasteiger partial charge is 0.496 e. The Morgan fingerprint density at radius 1 is 1.15 bits per heavy atom. The molecule has 0 fully saturated rings. The Labute approximate surface area is 152 Å². The maximum absolute atomic E-state index is 12.7. The molecule has 2 heterocycles. The smallest absolute Gasteiger partial charge is 0.253 e. The average Bonchev–Trinajstić information content (AvgIpc) is 3.32. The van der Waals surface area contributed by atoms with Crippen molar-refractivity contribution in [3.05, 3.63) is 72.1 Å². The van der Waals surface area contributed by atoms with Gasteiger partial charge in [0.15, 0.2) is 0 Å². The first-order chi connectivity index (χ1) is 12.8. The van der Waals surface area contributed by atoms with E-state index in [1.165, 1.54) is 5.56 Å². The Morgan fingerprint density at radius 2 is 1.96 bits per heavy atom. The molecule has 0 saturated carbocycles. The first-order valence-corrected chi connectivity index (χ1v) is 8.59. The number of carbonyl (C=O) groups excluding carboxylic acids is 1. The number of aromatic nitrogens is 1. The van der Waals surface area contributed by atoms with Gasteiger partial charge in [0.25, 0.3) is 5.91 Å². The second kappa shape index (κ2) is 6.96. The summed E-state index contributed by atoms with van der Waals surface area (Å²) in [6.45, 7) is 0.462. The van der Waals surface area contributed by atoms with Gasteiger partial charge in [-0.05, 0) is 17.7 Å². The van der Waals surface area contributed by atoms with Gasteiger partial charge >= 0.3 is 0 Å². The van der Waals surface area contributed by atoms with Gasteiger partial charge in [0.1, 0.15) is 17.6 Å². The third-order valence-electron chi connectivity index (χ3n) is 4.59. The Hall–Kier alpha value is -3.21. The predicted molar refractivity (Wildman–Crippen MR) is 99.7 cm³/mol. The first-order valence-electron chi connectivity index (χ1n) is 8.59. The van der Waals surface area contributed by atoms with Crippen LogP contribution < -0.4 is 14.8 Å². The molecule has 3 aromatic rings. The predicted octanol–water partition coefficient (Wildman–Crippen LogP) is 3.42. The zero-order valence-electron chi connectivity index (χ0n) is 14.5. The van der Waals surface area contributed by atoms with Crippen LogP contribution in [0, 0.1) is 0 Å². The summed E-state index contributed by atoms with van der Waals surface area (Å²) in [7, 11) is 1.63. The van der Waals surface area contributed by atoms with Gasteiger partial charge in [-0.3, -0.25) is 4.79 Å². The van der Waals surface area contributed by atoms with Crippen LogP contribution in [0.5, 0.6) is 11.5 Å². The Kier molecular flexibility index (Phi) is 4.35. The number of fused-ring (bicyclic) bond motifs is 1. The molecule has 26 heavy (non-hydrogen) atoms. The number of amides is 1. The van der Waals surface area contributed by atoms with Gasteiger partial charge in [-0.1, -0.05) is 36.4 Å². The summed E-state index contributed by atoms with van der Waals surface area (Å²) in [6.07, 6.45) is 4.30. The van der Waals surface area contributed by atoms with E-state index in [4.69, 9.17) is 9.47 Å². The molecule has 1 amide bonds. The van der Waals surface area contributed by atoms with Gasteiger partial charge in [0, 0.05) is 29.9 Å². The van der Waals surface area contributed by atoms with Gasteiger partial charge < -0.3 is 19.8 Å². The Balaban J connectivity index is 1.46. The monoisotopic (exact) mass is 348 g/mol. The number of ether oxygens (including phenoxy) is 2. The lowest BCUT2D eigenvalue weighted by molar-refractivity contribution is 0.0934. The third kappa shape index (κ3) is 3.04. The molecule has 132 valence electrons. The third-order valence-corrected chi connectivity index (χ3v) is 4.59. The van der Waals surface area contributed by atoms with E-state index in [0.29, 0.717) is 12.1 Å². The molecular weight excluding hydrogens is 328 g/mol. The van der Waals surface area contributed by atoms with Crippen LogP contribution in [0.15, 0.2) is 60.9 Å². The number of benzene rings is 2. The fraction of sp³-hybridized carbons (Fsp3) is 0.190. The van der Waals surface area contributed by atoms with Gasteiger partial charge in [0.2, 0.25) is 0 Å². The van der Waals surface area contributed by atoms with Crippen molar-refractivity contribution >= 4 is 5.91 Å². The Morgan fingerprint density at radius 3 is 2.81 bits per heavy atom. The fourth-order valence-corrected chi connectivity index (χ4v) is 3.31. The average molecular weight is 348 g/mol. The Bertz CT molecular complexity index is 907. The maximum Gasteiger partial charge on any atom is 0.253 e. The first kappa shape index (κ1) is 16.3. The quantitative estimate of drug-likeness (QED) is 0.743. The van der Waals surface area contributed by atoms with Gasteiger partial charge in [-0.25, -0.2) is 0 Å². The zero-order chi connectivity index (χ0) is 17.9. The molecular formula is C21H20N2O3. The number of methoxy groups -OCH3 is 1. The molecule has 0 aliphatic carbocycles. The van der Waals surface area contributed by atoms with E-state index in [2.05, 4.69) is 16.4 Å². The van der Waals surface area contributed by atoms with Crippen LogP contribution in [0.3, 0.4) is 0 Å². The lowest BCUT2D eigenvalue weighted by atomic mass is 10.0. The van der Waals surface area contributed by atoms with Crippen LogP contribution in [0.25, 0.3) is 11.1 Å². The normalized spacial score (nSPS) is 15.2. The van der Waals surface area contributed by atoms with Crippen LogP contribution in [0.2, 0.25) is 0 Å². The molecule has 0 bridgehead atoms. The summed E-state index contributed by atoms with van der Waals surface area (Å²) >= 11 is 0. The number of para-hydroxylation sites is 2. The SMILES string of the molecule is COc1ccccc1-c1c[nH]cc1C(=O)NC[C@H]1Cc2ccccc2O1. The molecule has 0 unspecified atom stereocenters. The molecule has 0 radical (unpaired) electrons. The molecule has 5 nitrogen and oxygen atoms in total. The lowest BCUT2D eigenvalue weighted by Crippen LogP contribution is -2.34. The van der Waals surface area contributed by atoms with E-state index in [1.807, 2.05) is 48.7 Å². The molecule has 0 spiro atoms. The van der Waals surface area contributed by atoms with Crippen LogP contribution in [-0.2, 0) is 6.42 Å². The van der Waals surface area contributed by atoms with Crippen molar-refractivity contribution in [2.24, 2.45) is 0 Å². The number of rotatable bonds is 5. The molecule has 2 N–H and O–H groups in total. The van der Waals surface area contributed by atoms with Crippen LogP contribution >= 0.6 is 0 Å². The van der Waals surface area contributed by atoms with Crippen molar-refractivity contribution in [1.29, 1.82) is 0 Å². The highest BCUT2D eigenvalue weighted by molar-refractivity contribution is 6.01. The second-order valence-corrected chi connectivity index (χ2v) is 6.24. The van der Waals surface area contributed by atoms with Gasteiger partial charge in [-0.2, -0.15) is 0 Å². The minimum Gasteiger partial charge on any atom is -0.496 e. The minimum atomic E-state index is -0.133. The zero-order valence-corrected chi connectivity index (χ0v) is 14.5. The summed E-state index contributed by atoms with van der Waals surface area (Å²) < 4.78 is 11.3. The highest BCUT2D eigenvalue weighted by atomic mass is 16.5. The number of aromatic amines is 1. The number of hydrogen-bond donors (Lipinski definition) is 2. The number of H-pyrrole nitrogens is 1. The second-order valence-electron chi connectivity index (χ2n) is 6.24. The number of nitrogens with one attached hydrogen (secondary N) is 2. The molecule has 1 aromatic heterocycles. The summed E-state index contributed by atoms with van der Waals surface area (Å²) in [5.74, 6) is 1.51. The van der Waals surface area contributed by atoms with Crippen LogP contribution in [-0.4, -0.2) is 30.6 Å². The fourth-order valence-electron chi connectivity index (χ4n) is 3.31. The highest BCUT2D eigenvalue weighted by Gasteiger charge is 2.24. The van der Waals surface area contributed by atoms with Gasteiger partial charge in [-0.15, -0.1) is 0 Å². The minimum absolute atomic E-state index is 0.0370. The van der Waals surface area contributed by atoms with E-state index < -0.39 is 0 Å². The molecule has 2 aromatic carbocycles. The number of hydrogen-bond acceptors (Lipinski definition) is 3. The number of carbonyl (C=O) groups is 1. The van der Waals surface area contributed by atoms with E-state index in [1.54, 1.807) is 13.3 Å². The standard InChI is InChI=1S/C21H20N2O3/c1-25-20-9-5-3-7-16(20)17-12-22-13-18(17)21(24)23-11-15-10-14-6-2-4-8-19(14)26-15/h2-9,12-13,15,22H,10-11H2,1H3,(H,23,24)/t15-/m1/s1. The van der Waals surface area contributed by atoms with E-state index in [9.17, 15) is 4.79 Å². The van der Waals surface area contributed by atoms with E-state index >= 15 is 0 Å². The van der Waals surface area contributed by atoms with Crippen LogP contribution in [0.4, 0.5) is 0 Å². The summed E-state index contributed by atoms with van der Waals surface area (Å²) in [4.78, 5) is 15.7. The van der Waals surface area contributed by atoms with Crippen molar-refractivity contribution in [2.75, 3.05) is 13.7 Å². The van der Waals surface area contributed by atoms with E-state index in [-0.39, 0.29) is 12.0 Å². The van der Waals surface area contributed by atoms with Gasteiger partial charge in [0.05, 0.1) is 19.2 Å². The van der Waals surface area contributed by atoms with Crippen molar-refractivity contribution in [3.63, 3.8) is 0 Å². The summed E-state index contributed by atoms with van der Waals surface area (Å²) in [5.41, 5.74) is 3.47. The molecule has 1 atom stereocenters. The van der Waals surface area contributed by atoms with E-state index in [0.717, 1.165) is 29.0 Å². The molecule has 1 aliphatic rings. The van der Waals surface area contributed by atoms with Crippen molar-refractivity contribution in [2.45, 2.75) is 12.5 Å². The van der Waals surface area contributed by atoms with Crippen molar-refractivity contribution in [3.8, 4) is 22.6 Å². The maximum atomic E-state index is 12.7. The lowest BCUT2D eigenvalue weighted by Gasteiger charge is -2.13. The molecule has 1 aliphatic heterocycles. The van der Waals surface area contributed by atoms with Crippen molar-refractivity contribution < 1.29 is 14.3 Å². The molecule has 5 heteroatoms. The summed E-state index contributed by atoms with van der Waals surface area (Å²) in [6, 6.07) is 15.6. The molecule has 4 rings (SSSR count).